The van der Waals surface area contributed by atoms with Gasteiger partial charge in [-0.15, -0.1) is 0 Å². The first-order valence-corrected chi connectivity index (χ1v) is 8.56. The molecule has 2 heterocycles. The maximum atomic E-state index is 12.6. The zero-order valence-corrected chi connectivity index (χ0v) is 15.1. The van der Waals surface area contributed by atoms with Crippen LogP contribution < -0.4 is 14.8 Å². The second-order valence-electron chi connectivity index (χ2n) is 6.67. The molecule has 0 radical (unpaired) electrons. The molecule has 0 fully saturated rings. The van der Waals surface area contributed by atoms with Gasteiger partial charge < -0.3 is 19.3 Å². The maximum absolute atomic E-state index is 12.6. The summed E-state index contributed by atoms with van der Waals surface area (Å²) in [7, 11) is 0. The van der Waals surface area contributed by atoms with Crippen LogP contribution in [0, 0.1) is 19.8 Å². The summed E-state index contributed by atoms with van der Waals surface area (Å²) >= 11 is 0. The topological polar surface area (TPSA) is 73.6 Å². The number of ether oxygens (including phenoxy) is 2. The van der Waals surface area contributed by atoms with E-state index in [0.717, 1.165) is 28.3 Å². The lowest BCUT2D eigenvalue weighted by Gasteiger charge is -2.25. The summed E-state index contributed by atoms with van der Waals surface area (Å²) in [5, 5.41) is 7.03. The summed E-state index contributed by atoms with van der Waals surface area (Å²) in [6.07, 6.45) is 0.259. The van der Waals surface area contributed by atoms with E-state index in [9.17, 15) is 4.79 Å². The van der Waals surface area contributed by atoms with Crippen LogP contribution in [0.2, 0.25) is 0 Å². The molecule has 1 aliphatic rings. The van der Waals surface area contributed by atoms with E-state index in [1.807, 2.05) is 32.0 Å². The van der Waals surface area contributed by atoms with Crippen molar-refractivity contribution in [1.29, 1.82) is 0 Å². The fourth-order valence-corrected chi connectivity index (χ4v) is 3.03. The molecule has 0 saturated heterocycles. The molecule has 0 bridgehead atoms. The van der Waals surface area contributed by atoms with Crippen molar-refractivity contribution >= 4 is 5.91 Å². The largest absolute Gasteiger partial charge is 0.486 e. The first-order chi connectivity index (χ1) is 12.0. The van der Waals surface area contributed by atoms with Crippen molar-refractivity contribution in [1.82, 2.24) is 10.5 Å². The van der Waals surface area contributed by atoms with E-state index in [2.05, 4.69) is 24.3 Å². The van der Waals surface area contributed by atoms with Crippen LogP contribution >= 0.6 is 0 Å². The molecule has 1 aliphatic heterocycles. The lowest BCUT2D eigenvalue weighted by Crippen LogP contribution is -2.33. The Morgan fingerprint density at radius 1 is 1.20 bits per heavy atom. The number of hydrogen-bond donors (Lipinski definition) is 1. The molecule has 1 aromatic heterocycles. The van der Waals surface area contributed by atoms with E-state index in [-0.39, 0.29) is 24.3 Å². The van der Waals surface area contributed by atoms with Gasteiger partial charge in [-0.1, -0.05) is 25.1 Å². The average Bonchev–Trinajstić information content (AvgIpc) is 2.91. The molecule has 2 aromatic rings. The minimum absolute atomic E-state index is 0.0528. The molecule has 0 aliphatic carbocycles. The minimum atomic E-state index is -0.108. The van der Waals surface area contributed by atoms with Crippen LogP contribution in [0.3, 0.4) is 0 Å². The Kier molecular flexibility index (Phi) is 4.97. The highest BCUT2D eigenvalue weighted by Crippen LogP contribution is 2.34. The Balaban J connectivity index is 1.76. The van der Waals surface area contributed by atoms with Crippen molar-refractivity contribution < 1.29 is 18.8 Å². The first-order valence-electron chi connectivity index (χ1n) is 8.56. The van der Waals surface area contributed by atoms with Gasteiger partial charge in [0.25, 0.3) is 0 Å². The van der Waals surface area contributed by atoms with Gasteiger partial charge in [-0.25, -0.2) is 0 Å². The Morgan fingerprint density at radius 3 is 2.56 bits per heavy atom. The van der Waals surface area contributed by atoms with Gasteiger partial charge in [0.05, 0.1) is 18.2 Å². The predicted octanol–water partition coefficient (Wildman–Crippen LogP) is 3.12. The number of rotatable bonds is 5. The van der Waals surface area contributed by atoms with Gasteiger partial charge in [0.2, 0.25) is 5.91 Å². The summed E-state index contributed by atoms with van der Waals surface area (Å²) in [6.45, 7) is 8.94. The number of amides is 1. The highest BCUT2D eigenvalue weighted by molar-refractivity contribution is 5.79. The van der Waals surface area contributed by atoms with Gasteiger partial charge >= 0.3 is 0 Å². The molecule has 1 atom stereocenters. The third-order valence-electron chi connectivity index (χ3n) is 4.43. The number of benzene rings is 1. The molecule has 25 heavy (non-hydrogen) atoms. The molecule has 1 unspecified atom stereocenters. The van der Waals surface area contributed by atoms with Gasteiger partial charge in [0.1, 0.15) is 19.0 Å². The molecule has 1 aromatic carbocycles. The molecular weight excluding hydrogens is 320 g/mol. The normalized spacial score (nSPS) is 14.4. The lowest BCUT2D eigenvalue weighted by atomic mass is 9.95. The summed E-state index contributed by atoms with van der Waals surface area (Å²) in [5.41, 5.74) is 2.61. The zero-order valence-electron chi connectivity index (χ0n) is 15.1. The standard InChI is InChI=1S/C19H24N2O4/c1-11(2)19(14-5-6-16-17(9-14)24-8-7-23-16)20-18(22)10-15-12(3)21-25-13(15)4/h5-6,9,11,19H,7-8,10H2,1-4H3,(H,20,22). The monoisotopic (exact) mass is 344 g/mol. The second-order valence-corrected chi connectivity index (χ2v) is 6.67. The third-order valence-corrected chi connectivity index (χ3v) is 4.43. The fourth-order valence-electron chi connectivity index (χ4n) is 3.03. The van der Waals surface area contributed by atoms with Crippen LogP contribution in [0.1, 0.15) is 42.5 Å². The number of carbonyl (C=O) groups excluding carboxylic acids is 1. The second kappa shape index (κ2) is 7.17. The van der Waals surface area contributed by atoms with Gasteiger partial charge in [0.15, 0.2) is 11.5 Å². The summed E-state index contributed by atoms with van der Waals surface area (Å²) in [4.78, 5) is 12.6. The smallest absolute Gasteiger partial charge is 0.225 e. The van der Waals surface area contributed by atoms with Crippen molar-refractivity contribution in [3.8, 4) is 11.5 Å². The summed E-state index contributed by atoms with van der Waals surface area (Å²) < 4.78 is 16.4. The van der Waals surface area contributed by atoms with Crippen molar-refractivity contribution in [2.45, 2.75) is 40.2 Å². The van der Waals surface area contributed by atoms with Crippen LogP contribution in [0.25, 0.3) is 0 Å². The van der Waals surface area contributed by atoms with Gasteiger partial charge in [-0.3, -0.25) is 4.79 Å². The Morgan fingerprint density at radius 2 is 1.92 bits per heavy atom. The maximum Gasteiger partial charge on any atom is 0.225 e. The van der Waals surface area contributed by atoms with Crippen molar-refractivity contribution in [3.05, 3.63) is 40.8 Å². The van der Waals surface area contributed by atoms with Crippen LogP contribution in [-0.4, -0.2) is 24.3 Å². The molecule has 3 rings (SSSR count). The SMILES string of the molecule is Cc1noc(C)c1CC(=O)NC(c1ccc2c(c1)OCCO2)C(C)C. The Hall–Kier alpha value is -2.50. The predicted molar refractivity (Wildman–Crippen MR) is 92.8 cm³/mol. The first kappa shape index (κ1) is 17.3. The zero-order chi connectivity index (χ0) is 18.0. The van der Waals surface area contributed by atoms with Crippen LogP contribution in [0.15, 0.2) is 22.7 Å². The molecule has 6 nitrogen and oxygen atoms in total. The molecule has 134 valence electrons. The van der Waals surface area contributed by atoms with E-state index >= 15 is 0 Å². The van der Waals surface area contributed by atoms with E-state index in [1.165, 1.54) is 0 Å². The molecule has 1 amide bonds. The Bertz CT molecular complexity index is 747. The van der Waals surface area contributed by atoms with Crippen LogP contribution in [0.4, 0.5) is 0 Å². The fraction of sp³-hybridized carbons (Fsp3) is 0.474. The number of aryl methyl sites for hydroxylation is 2. The number of fused-ring (bicyclic) bond motifs is 1. The summed E-state index contributed by atoms with van der Waals surface area (Å²) in [6, 6.07) is 5.73. The number of carbonyl (C=O) groups is 1. The molecular formula is C19H24N2O4. The molecule has 0 spiro atoms. The molecule has 0 saturated carbocycles. The number of nitrogens with zero attached hydrogens (tertiary/aromatic N) is 1. The Labute approximate surface area is 147 Å². The van der Waals surface area contributed by atoms with E-state index in [1.54, 1.807) is 0 Å². The van der Waals surface area contributed by atoms with Gasteiger partial charge in [0, 0.05) is 5.56 Å². The van der Waals surface area contributed by atoms with Crippen molar-refractivity contribution in [2.24, 2.45) is 5.92 Å². The lowest BCUT2D eigenvalue weighted by molar-refractivity contribution is -0.121. The third kappa shape index (κ3) is 3.78. The highest BCUT2D eigenvalue weighted by atomic mass is 16.6. The summed E-state index contributed by atoms with van der Waals surface area (Å²) in [5.74, 6) is 2.35. The van der Waals surface area contributed by atoms with E-state index < -0.39 is 0 Å². The van der Waals surface area contributed by atoms with Gasteiger partial charge in [-0.2, -0.15) is 0 Å². The average molecular weight is 344 g/mol. The van der Waals surface area contributed by atoms with E-state index in [0.29, 0.717) is 19.0 Å². The molecule has 6 heteroatoms. The number of nitrogens with one attached hydrogen (secondary N) is 1. The van der Waals surface area contributed by atoms with Crippen molar-refractivity contribution in [3.63, 3.8) is 0 Å². The highest BCUT2D eigenvalue weighted by Gasteiger charge is 2.22. The molecule has 1 N–H and O–H groups in total. The van der Waals surface area contributed by atoms with Crippen molar-refractivity contribution in [2.75, 3.05) is 13.2 Å². The van der Waals surface area contributed by atoms with Gasteiger partial charge in [-0.05, 0) is 37.5 Å². The van der Waals surface area contributed by atoms with E-state index in [4.69, 9.17) is 14.0 Å². The van der Waals surface area contributed by atoms with Crippen LogP contribution in [0.5, 0.6) is 11.5 Å². The quantitative estimate of drug-likeness (QED) is 0.902. The number of aromatic nitrogens is 1. The minimum Gasteiger partial charge on any atom is -0.486 e. The van der Waals surface area contributed by atoms with Crippen LogP contribution in [-0.2, 0) is 11.2 Å². The number of hydrogen-bond acceptors (Lipinski definition) is 5.